The number of carboxylic acids is 1. The first kappa shape index (κ1) is 28.2. The van der Waals surface area contributed by atoms with Crippen LogP contribution in [0, 0.1) is 13.2 Å². The van der Waals surface area contributed by atoms with Gasteiger partial charge in [0.15, 0.2) is 0 Å². The maximum atomic E-state index is 14.7. The van der Waals surface area contributed by atoms with Crippen LogP contribution in [0.25, 0.3) is 0 Å². The topological polar surface area (TPSA) is 86.7 Å². The largest absolute Gasteiger partial charge is 1.00 e. The number of benzene rings is 1. The van der Waals surface area contributed by atoms with E-state index in [1.165, 1.54) is 0 Å². The van der Waals surface area contributed by atoms with Crippen LogP contribution < -0.4 is 61.6 Å². The Morgan fingerprint density at radius 1 is 1.38 bits per heavy atom. The van der Waals surface area contributed by atoms with Crippen LogP contribution in [0.3, 0.4) is 0 Å². The molecule has 0 atom stereocenters. The Morgan fingerprint density at radius 3 is 2.48 bits per heavy atom. The van der Waals surface area contributed by atoms with Gasteiger partial charge in [-0.05, 0) is 57.6 Å². The number of hydrogen-bond donors (Lipinski definition) is 2. The molecule has 0 unspecified atom stereocenters. The number of aliphatic carboxylic acids is 1. The number of halogens is 1. The number of fused-ring (bicyclic) bond motifs is 1. The number of amides is 2. The normalized spacial score (nSPS) is 15.9. The molecule has 2 aliphatic rings. The van der Waals surface area contributed by atoms with Crippen molar-refractivity contribution in [2.24, 2.45) is 0 Å². The summed E-state index contributed by atoms with van der Waals surface area (Å²) in [6.45, 7) is 6.61. The van der Waals surface area contributed by atoms with E-state index in [-0.39, 0.29) is 77.0 Å². The van der Waals surface area contributed by atoms with Crippen LogP contribution in [0.1, 0.15) is 63.5 Å². The minimum absolute atomic E-state index is 0. The number of carboxylic acid groups (broad SMARTS) is 1. The molecule has 1 fully saturated rings. The van der Waals surface area contributed by atoms with E-state index in [9.17, 15) is 18.8 Å². The van der Waals surface area contributed by atoms with Gasteiger partial charge in [-0.1, -0.05) is 6.07 Å². The minimum Gasteiger partial charge on any atom is -0.481 e. The summed E-state index contributed by atoms with van der Waals surface area (Å²) in [5.41, 5.74) is 1.42. The van der Waals surface area contributed by atoms with Gasteiger partial charge in [-0.3, -0.25) is 14.4 Å². The molecule has 0 saturated heterocycles. The molecule has 0 radical (unpaired) electrons. The van der Waals surface area contributed by atoms with Crippen molar-refractivity contribution in [2.75, 3.05) is 18.0 Å². The zero-order valence-corrected chi connectivity index (χ0v) is 21.2. The van der Waals surface area contributed by atoms with E-state index in [4.69, 9.17) is 5.11 Å². The molecule has 1 saturated carbocycles. The summed E-state index contributed by atoms with van der Waals surface area (Å²) in [4.78, 5) is 33.5. The monoisotopic (exact) mass is 432 g/mol. The summed E-state index contributed by atoms with van der Waals surface area (Å²) in [5.74, 6) is -0.601. The van der Waals surface area contributed by atoms with E-state index in [1.807, 2.05) is 32.9 Å². The Hall–Kier alpha value is -0.804. The van der Waals surface area contributed by atoms with E-state index in [0.717, 1.165) is 24.1 Å². The van der Waals surface area contributed by atoms with Crippen LogP contribution in [-0.2, 0) is 19.8 Å². The first-order valence-electron chi connectivity index (χ1n) is 9.29. The third kappa shape index (κ3) is 6.59. The maximum Gasteiger partial charge on any atom is 1.00 e. The molecule has 29 heavy (non-hydrogen) atoms. The molecule has 0 spiro atoms. The average Bonchev–Trinajstić information content (AvgIpc) is 3.41. The van der Waals surface area contributed by atoms with E-state index in [0.29, 0.717) is 37.4 Å². The summed E-state index contributed by atoms with van der Waals surface area (Å²) in [7, 11) is 0. The molecular formula is C21H30FKN2O4. The molecule has 6 nitrogen and oxygen atoms in total. The minimum atomic E-state index is -0.831. The van der Waals surface area contributed by atoms with E-state index < -0.39 is 11.4 Å². The quantitative estimate of drug-likeness (QED) is 0.283. The molecule has 156 valence electrons. The summed E-state index contributed by atoms with van der Waals surface area (Å²) >= 11 is 0. The van der Waals surface area contributed by atoms with E-state index >= 15 is 0 Å². The Balaban J connectivity index is 0.000000621. The maximum absolute atomic E-state index is 14.7. The molecule has 1 aliphatic heterocycles. The Labute approximate surface area is 215 Å². The molecule has 2 amide bonds. The molecule has 0 bridgehead atoms. The fraction of sp³-hybridized carbons (Fsp3) is 0.524. The van der Waals surface area contributed by atoms with Crippen molar-refractivity contribution in [3.8, 4) is 0 Å². The molecule has 1 aromatic rings. The zero-order valence-electron chi connectivity index (χ0n) is 18.0. The van der Waals surface area contributed by atoms with Gasteiger partial charge in [0, 0.05) is 25.1 Å². The van der Waals surface area contributed by atoms with Crippen molar-refractivity contribution in [2.45, 2.75) is 57.8 Å². The summed E-state index contributed by atoms with van der Waals surface area (Å²) in [6, 6.07) is 3.78. The second kappa shape index (κ2) is 12.1. The SMILES string of the molecule is CCN1C(=O)C(C)(C)c2c1ccc(C1CC1)c2F.O=CNCCCC(=O)O.[CH3-].[K+]. The Morgan fingerprint density at radius 2 is 2.00 bits per heavy atom. The first-order valence-corrected chi connectivity index (χ1v) is 9.29. The fourth-order valence-corrected chi connectivity index (χ4v) is 3.38. The zero-order chi connectivity index (χ0) is 20.2. The number of rotatable bonds is 7. The Bertz CT molecular complexity index is 736. The van der Waals surface area contributed by atoms with Crippen LogP contribution in [0.4, 0.5) is 10.1 Å². The number of nitrogens with one attached hydrogen (secondary N) is 1. The van der Waals surface area contributed by atoms with Gasteiger partial charge in [0.25, 0.3) is 0 Å². The van der Waals surface area contributed by atoms with Gasteiger partial charge in [-0.15, -0.1) is 0 Å². The van der Waals surface area contributed by atoms with Crippen LogP contribution >= 0.6 is 0 Å². The number of carbonyl (C=O) groups excluding carboxylic acids is 2. The van der Waals surface area contributed by atoms with Crippen molar-refractivity contribution in [3.05, 3.63) is 36.5 Å². The molecule has 1 aromatic carbocycles. The predicted molar refractivity (Wildman–Crippen MR) is 107 cm³/mol. The van der Waals surface area contributed by atoms with Gasteiger partial charge >= 0.3 is 57.4 Å². The van der Waals surface area contributed by atoms with Gasteiger partial charge in [-0.2, -0.15) is 0 Å². The van der Waals surface area contributed by atoms with E-state index in [1.54, 1.807) is 4.90 Å². The number of anilines is 1. The third-order valence-electron chi connectivity index (χ3n) is 4.97. The van der Waals surface area contributed by atoms with Crippen LogP contribution in [-0.4, -0.2) is 36.5 Å². The number of likely N-dealkylation sites (N-methyl/N-ethyl adjacent to an activating group) is 1. The van der Waals surface area contributed by atoms with Crippen LogP contribution in [0.2, 0.25) is 0 Å². The molecule has 0 aromatic heterocycles. The fourth-order valence-electron chi connectivity index (χ4n) is 3.38. The summed E-state index contributed by atoms with van der Waals surface area (Å²) in [6.07, 6.45) is 3.31. The van der Waals surface area contributed by atoms with Gasteiger partial charge in [0.1, 0.15) is 5.82 Å². The molecular weight excluding hydrogens is 402 g/mol. The molecule has 2 N–H and O–H groups in total. The van der Waals surface area contributed by atoms with Crippen molar-refractivity contribution in [3.63, 3.8) is 0 Å². The Kier molecular flexibility index (Phi) is 11.8. The van der Waals surface area contributed by atoms with Gasteiger partial charge in [0.2, 0.25) is 12.3 Å². The summed E-state index contributed by atoms with van der Waals surface area (Å²) < 4.78 is 14.7. The molecule has 1 heterocycles. The van der Waals surface area contributed by atoms with Gasteiger partial charge in [0.05, 0.1) is 11.1 Å². The first-order chi connectivity index (χ1) is 12.8. The van der Waals surface area contributed by atoms with Crippen molar-refractivity contribution < 1.29 is 75.3 Å². The standard InChI is InChI=1S/C15H18FNO.C5H9NO3.CH3.K/c1-4-17-11-8-7-10(9-5-6-9)13(16)12(11)15(2,3)14(17)18;7-4-6-3-1-2-5(8)9;;/h7-9H,4-6H2,1-3H3;4H,1-3H2,(H,6,7)(H,8,9);1H3;/q;;-1;+1. The third-order valence-corrected chi connectivity index (χ3v) is 4.97. The van der Waals surface area contributed by atoms with Crippen molar-refractivity contribution in [1.82, 2.24) is 5.32 Å². The van der Waals surface area contributed by atoms with Gasteiger partial charge in [-0.25, -0.2) is 4.39 Å². The number of hydrogen-bond acceptors (Lipinski definition) is 3. The van der Waals surface area contributed by atoms with E-state index in [2.05, 4.69) is 5.32 Å². The van der Waals surface area contributed by atoms with Crippen molar-refractivity contribution >= 4 is 24.0 Å². The van der Waals surface area contributed by atoms with Crippen LogP contribution in [0.5, 0.6) is 0 Å². The smallest absolute Gasteiger partial charge is 0.481 e. The number of nitrogens with zero attached hydrogens (tertiary/aromatic N) is 1. The summed E-state index contributed by atoms with van der Waals surface area (Å²) in [5, 5.41) is 10.5. The molecule has 8 heteroatoms. The second-order valence-electron chi connectivity index (χ2n) is 7.38. The van der Waals surface area contributed by atoms with Gasteiger partial charge < -0.3 is 22.7 Å². The average molecular weight is 433 g/mol. The second-order valence-corrected chi connectivity index (χ2v) is 7.38. The number of carbonyl (C=O) groups is 3. The molecule has 1 aliphatic carbocycles. The predicted octanol–water partition coefficient (Wildman–Crippen LogP) is 0.399. The molecule has 3 rings (SSSR count). The van der Waals surface area contributed by atoms with Crippen molar-refractivity contribution in [1.29, 1.82) is 0 Å². The van der Waals surface area contributed by atoms with Crippen LogP contribution in [0.15, 0.2) is 12.1 Å².